The van der Waals surface area contributed by atoms with Crippen molar-refractivity contribution < 1.29 is 0 Å². The number of nitrogens with one attached hydrogen (secondary N) is 1. The van der Waals surface area contributed by atoms with Gasteiger partial charge in [-0.05, 0) is 59.6 Å². The maximum absolute atomic E-state index is 6.17. The summed E-state index contributed by atoms with van der Waals surface area (Å²) in [4.78, 5) is 0. The van der Waals surface area contributed by atoms with E-state index in [4.69, 9.17) is 11.6 Å². The lowest BCUT2D eigenvalue weighted by molar-refractivity contribution is 0.592. The quantitative estimate of drug-likeness (QED) is 0.835. The van der Waals surface area contributed by atoms with Gasteiger partial charge in [0, 0.05) is 10.5 Å². The molecule has 0 radical (unpaired) electrons. The molecule has 2 aromatic rings. The average molecular weight is 339 g/mol. The molecular weight excluding hydrogens is 322 g/mol. The van der Waals surface area contributed by atoms with E-state index in [1.807, 2.05) is 19.2 Å². The summed E-state index contributed by atoms with van der Waals surface area (Å²) in [5, 5.41) is 4.11. The fourth-order valence-electron chi connectivity index (χ4n) is 2.19. The van der Waals surface area contributed by atoms with Crippen molar-refractivity contribution in [2.45, 2.75) is 19.4 Å². The van der Waals surface area contributed by atoms with Gasteiger partial charge in [-0.1, -0.05) is 47.5 Å². The van der Waals surface area contributed by atoms with E-state index < -0.39 is 0 Å². The Balaban J connectivity index is 2.22. The van der Waals surface area contributed by atoms with Crippen molar-refractivity contribution in [1.29, 1.82) is 0 Å². The van der Waals surface area contributed by atoms with Gasteiger partial charge in [-0.15, -0.1) is 0 Å². The summed E-state index contributed by atoms with van der Waals surface area (Å²) in [6, 6.07) is 15.0. The molecule has 1 atom stereocenters. The van der Waals surface area contributed by atoms with Crippen LogP contribution in [0.4, 0.5) is 0 Å². The Labute approximate surface area is 128 Å². The number of likely N-dealkylation sites (N-methyl/N-ethyl adjacent to an activating group) is 1. The van der Waals surface area contributed by atoms with E-state index in [1.165, 1.54) is 16.7 Å². The molecule has 2 rings (SSSR count). The van der Waals surface area contributed by atoms with Crippen LogP contribution in [-0.2, 0) is 6.42 Å². The minimum Gasteiger partial charge on any atom is -0.313 e. The second-order valence-electron chi connectivity index (χ2n) is 4.71. The molecule has 0 aliphatic heterocycles. The van der Waals surface area contributed by atoms with Gasteiger partial charge in [0.15, 0.2) is 0 Å². The molecule has 0 heterocycles. The highest BCUT2D eigenvalue weighted by molar-refractivity contribution is 9.10. The summed E-state index contributed by atoms with van der Waals surface area (Å²) in [6.07, 6.45) is 0.955. The Morgan fingerprint density at radius 1 is 1.21 bits per heavy atom. The molecule has 3 heteroatoms. The number of halogens is 2. The van der Waals surface area contributed by atoms with Crippen molar-refractivity contribution in [2.24, 2.45) is 0 Å². The van der Waals surface area contributed by atoms with Crippen molar-refractivity contribution in [3.63, 3.8) is 0 Å². The number of benzene rings is 2. The van der Waals surface area contributed by atoms with Crippen LogP contribution in [0.1, 0.15) is 22.7 Å². The van der Waals surface area contributed by atoms with Gasteiger partial charge in [0.25, 0.3) is 0 Å². The number of hydrogen-bond donors (Lipinski definition) is 1. The molecule has 19 heavy (non-hydrogen) atoms. The minimum atomic E-state index is 0.271. The molecule has 0 saturated heterocycles. The van der Waals surface area contributed by atoms with Crippen molar-refractivity contribution >= 4 is 27.5 Å². The van der Waals surface area contributed by atoms with E-state index in [-0.39, 0.29) is 6.04 Å². The molecule has 1 unspecified atom stereocenters. The van der Waals surface area contributed by atoms with Gasteiger partial charge in [0.05, 0.1) is 5.02 Å². The molecule has 0 spiro atoms. The Morgan fingerprint density at radius 3 is 2.63 bits per heavy atom. The SMILES string of the molecule is CNC(Cc1cccc(C)c1)c1ccc(Br)c(Cl)c1. The van der Waals surface area contributed by atoms with E-state index in [2.05, 4.69) is 58.5 Å². The molecule has 0 fully saturated rings. The topological polar surface area (TPSA) is 12.0 Å². The Bertz CT molecular complexity index is 568. The molecule has 0 amide bonds. The van der Waals surface area contributed by atoms with Crippen LogP contribution in [0.25, 0.3) is 0 Å². The summed E-state index contributed by atoms with van der Waals surface area (Å²) in [5.74, 6) is 0. The zero-order valence-electron chi connectivity index (χ0n) is 11.1. The molecule has 1 N–H and O–H groups in total. The van der Waals surface area contributed by atoms with Crippen molar-refractivity contribution in [2.75, 3.05) is 7.05 Å². The van der Waals surface area contributed by atoms with Crippen LogP contribution >= 0.6 is 27.5 Å². The highest BCUT2D eigenvalue weighted by Gasteiger charge is 2.11. The van der Waals surface area contributed by atoms with E-state index in [1.54, 1.807) is 0 Å². The van der Waals surface area contributed by atoms with Crippen LogP contribution in [-0.4, -0.2) is 7.05 Å². The zero-order chi connectivity index (χ0) is 13.8. The van der Waals surface area contributed by atoms with Gasteiger partial charge in [0.2, 0.25) is 0 Å². The van der Waals surface area contributed by atoms with Crippen molar-refractivity contribution in [1.82, 2.24) is 5.32 Å². The Hall–Kier alpha value is -0.830. The van der Waals surface area contributed by atoms with Crippen LogP contribution in [0.5, 0.6) is 0 Å². The van der Waals surface area contributed by atoms with Crippen molar-refractivity contribution in [3.05, 3.63) is 68.7 Å². The van der Waals surface area contributed by atoms with Crippen LogP contribution < -0.4 is 5.32 Å². The fraction of sp³-hybridized carbons (Fsp3) is 0.250. The van der Waals surface area contributed by atoms with E-state index in [0.717, 1.165) is 15.9 Å². The molecule has 0 aromatic heterocycles. The summed E-state index contributed by atoms with van der Waals surface area (Å²) >= 11 is 9.59. The van der Waals surface area contributed by atoms with Gasteiger partial charge in [-0.2, -0.15) is 0 Å². The van der Waals surface area contributed by atoms with Gasteiger partial charge in [-0.3, -0.25) is 0 Å². The highest BCUT2D eigenvalue weighted by atomic mass is 79.9. The third-order valence-electron chi connectivity index (χ3n) is 3.22. The molecule has 100 valence electrons. The molecule has 2 aromatic carbocycles. The average Bonchev–Trinajstić information content (AvgIpc) is 2.39. The molecular formula is C16H17BrClN. The monoisotopic (exact) mass is 337 g/mol. The first-order chi connectivity index (χ1) is 9.10. The molecule has 1 nitrogen and oxygen atoms in total. The maximum atomic E-state index is 6.17. The van der Waals surface area contributed by atoms with Crippen LogP contribution in [0.2, 0.25) is 5.02 Å². The highest BCUT2D eigenvalue weighted by Crippen LogP contribution is 2.27. The summed E-state index contributed by atoms with van der Waals surface area (Å²) < 4.78 is 0.934. The van der Waals surface area contributed by atoms with Crippen LogP contribution in [0, 0.1) is 6.92 Å². The van der Waals surface area contributed by atoms with E-state index in [0.29, 0.717) is 0 Å². The number of hydrogen-bond acceptors (Lipinski definition) is 1. The molecule has 0 bridgehead atoms. The number of aryl methyl sites for hydroxylation is 1. The van der Waals surface area contributed by atoms with Gasteiger partial charge < -0.3 is 5.32 Å². The normalized spacial score (nSPS) is 12.4. The predicted octanol–water partition coefficient (Wildman–Crippen LogP) is 4.91. The summed E-state index contributed by atoms with van der Waals surface area (Å²) in [6.45, 7) is 2.12. The third-order valence-corrected chi connectivity index (χ3v) is 4.45. The summed E-state index contributed by atoms with van der Waals surface area (Å²) in [5.41, 5.74) is 3.83. The lowest BCUT2D eigenvalue weighted by atomic mass is 9.98. The van der Waals surface area contributed by atoms with Gasteiger partial charge in [-0.25, -0.2) is 0 Å². The van der Waals surface area contributed by atoms with Crippen molar-refractivity contribution in [3.8, 4) is 0 Å². The lowest BCUT2D eigenvalue weighted by Gasteiger charge is -2.17. The fourth-order valence-corrected chi connectivity index (χ4v) is 2.63. The smallest absolute Gasteiger partial charge is 0.0551 e. The first kappa shape index (κ1) is 14.6. The third kappa shape index (κ3) is 3.82. The van der Waals surface area contributed by atoms with Crippen LogP contribution in [0.15, 0.2) is 46.9 Å². The van der Waals surface area contributed by atoms with Crippen LogP contribution in [0.3, 0.4) is 0 Å². The first-order valence-electron chi connectivity index (χ1n) is 6.28. The molecule has 0 aliphatic rings. The minimum absolute atomic E-state index is 0.271. The standard InChI is InChI=1S/C16H17BrClN/c1-11-4-3-5-12(8-11)9-16(19-2)13-6-7-14(17)15(18)10-13/h3-8,10,16,19H,9H2,1-2H3. The Morgan fingerprint density at radius 2 is 2.00 bits per heavy atom. The summed E-state index contributed by atoms with van der Waals surface area (Å²) in [7, 11) is 1.98. The lowest BCUT2D eigenvalue weighted by Crippen LogP contribution is -2.18. The number of rotatable bonds is 4. The largest absolute Gasteiger partial charge is 0.313 e. The first-order valence-corrected chi connectivity index (χ1v) is 7.45. The van der Waals surface area contributed by atoms with E-state index >= 15 is 0 Å². The second kappa shape index (κ2) is 6.56. The van der Waals surface area contributed by atoms with E-state index in [9.17, 15) is 0 Å². The zero-order valence-corrected chi connectivity index (χ0v) is 13.4. The second-order valence-corrected chi connectivity index (χ2v) is 5.97. The van der Waals surface area contributed by atoms with Gasteiger partial charge in [0.1, 0.15) is 0 Å². The Kier molecular flexibility index (Phi) is 5.03. The predicted molar refractivity (Wildman–Crippen MR) is 85.8 cm³/mol. The molecule has 0 aliphatic carbocycles. The maximum Gasteiger partial charge on any atom is 0.0551 e. The molecule has 0 saturated carbocycles. The van der Waals surface area contributed by atoms with Gasteiger partial charge >= 0.3 is 0 Å².